The van der Waals surface area contributed by atoms with Gasteiger partial charge < -0.3 is 10.6 Å². The number of hydrogen-bond donors (Lipinski definition) is 2. The molecule has 1 atom stereocenters. The minimum absolute atomic E-state index is 0. The second kappa shape index (κ2) is 7.00. The van der Waals surface area contributed by atoms with Crippen LogP contribution in [0.25, 0.3) is 0 Å². The number of rotatable bonds is 4. The Labute approximate surface area is 103 Å². The molecule has 0 bridgehead atoms. The number of piperidine rings is 1. The van der Waals surface area contributed by atoms with Gasteiger partial charge in [-0.2, -0.15) is 8.78 Å². The third-order valence-electron chi connectivity index (χ3n) is 2.44. The van der Waals surface area contributed by atoms with E-state index in [4.69, 9.17) is 0 Å². The Morgan fingerprint density at radius 1 is 1.41 bits per heavy atom. The van der Waals surface area contributed by atoms with Gasteiger partial charge in [-0.25, -0.2) is 8.78 Å². The summed E-state index contributed by atoms with van der Waals surface area (Å²) in [6.07, 6.45) is -1.45. The Balaban J connectivity index is 0.00000256. The number of alkyl halides is 4. The lowest BCUT2D eigenvalue weighted by Crippen LogP contribution is -2.50. The molecule has 0 aromatic carbocycles. The first kappa shape index (κ1) is 16.4. The summed E-state index contributed by atoms with van der Waals surface area (Å²) in [5, 5.41) is 4.68. The number of amides is 1. The van der Waals surface area contributed by atoms with E-state index in [1.807, 2.05) is 5.32 Å². The molecule has 0 aromatic heterocycles. The fourth-order valence-corrected chi connectivity index (χ4v) is 1.48. The average Bonchev–Trinajstić information content (AvgIpc) is 2.27. The molecule has 1 rings (SSSR count). The Morgan fingerprint density at radius 3 is 2.53 bits per heavy atom. The van der Waals surface area contributed by atoms with Crippen LogP contribution >= 0.6 is 12.4 Å². The molecule has 1 amide bonds. The van der Waals surface area contributed by atoms with Gasteiger partial charge in [0.05, 0.1) is 12.6 Å². The lowest BCUT2D eigenvalue weighted by atomic mass is 10.0. The van der Waals surface area contributed by atoms with Gasteiger partial charge in [0.15, 0.2) is 0 Å². The quantitative estimate of drug-likeness (QED) is 0.767. The first-order chi connectivity index (χ1) is 7.43. The van der Waals surface area contributed by atoms with Crippen molar-refractivity contribution in [3.63, 3.8) is 0 Å². The summed E-state index contributed by atoms with van der Waals surface area (Å²) in [7, 11) is 0. The fraction of sp³-hybridized carbons (Fsp3) is 0.889. The largest absolute Gasteiger partial charge is 0.348 e. The van der Waals surface area contributed by atoms with Crippen molar-refractivity contribution in [3.05, 3.63) is 0 Å². The molecule has 3 nitrogen and oxygen atoms in total. The van der Waals surface area contributed by atoms with Gasteiger partial charge in [-0.3, -0.25) is 4.79 Å². The van der Waals surface area contributed by atoms with E-state index in [1.54, 1.807) is 0 Å². The van der Waals surface area contributed by atoms with Crippen molar-refractivity contribution in [2.75, 3.05) is 13.1 Å². The van der Waals surface area contributed by atoms with Crippen molar-refractivity contribution < 1.29 is 22.4 Å². The number of hydrogen-bond acceptors (Lipinski definition) is 2. The van der Waals surface area contributed by atoms with Gasteiger partial charge in [0.1, 0.15) is 0 Å². The Morgan fingerprint density at radius 2 is 2.06 bits per heavy atom. The van der Waals surface area contributed by atoms with Crippen LogP contribution in [0.3, 0.4) is 0 Å². The molecular weight excluding hydrogens is 264 g/mol. The first-order valence-electron chi connectivity index (χ1n) is 5.10. The summed E-state index contributed by atoms with van der Waals surface area (Å²) in [5.74, 6) is -4.80. The van der Waals surface area contributed by atoms with Crippen LogP contribution in [0.15, 0.2) is 0 Å². The number of carbonyl (C=O) groups excluding carboxylic acids is 1. The van der Waals surface area contributed by atoms with E-state index >= 15 is 0 Å². The summed E-state index contributed by atoms with van der Waals surface area (Å²) in [6.45, 7) is -0.676. The second-order valence-corrected chi connectivity index (χ2v) is 3.78. The first-order valence-corrected chi connectivity index (χ1v) is 5.10. The van der Waals surface area contributed by atoms with E-state index in [2.05, 4.69) is 5.32 Å². The molecule has 0 aliphatic carbocycles. The van der Waals surface area contributed by atoms with Crippen molar-refractivity contribution in [2.24, 2.45) is 0 Å². The number of carbonyl (C=O) groups is 1. The summed E-state index contributed by atoms with van der Waals surface area (Å²) in [5.41, 5.74) is 0. The Hall–Kier alpha value is -0.560. The molecule has 2 N–H and O–H groups in total. The second-order valence-electron chi connectivity index (χ2n) is 3.78. The maximum Gasteiger partial charge on any atom is 0.324 e. The molecule has 0 saturated carbocycles. The van der Waals surface area contributed by atoms with Gasteiger partial charge >= 0.3 is 12.3 Å². The molecule has 0 unspecified atom stereocenters. The summed E-state index contributed by atoms with van der Waals surface area (Å²) < 4.78 is 48.6. The highest BCUT2D eigenvalue weighted by Crippen LogP contribution is 2.21. The zero-order chi connectivity index (χ0) is 12.2. The molecule has 17 heavy (non-hydrogen) atoms. The predicted molar refractivity (Wildman–Crippen MR) is 56.9 cm³/mol. The molecule has 0 aromatic rings. The molecule has 1 fully saturated rings. The van der Waals surface area contributed by atoms with Gasteiger partial charge in [0, 0.05) is 0 Å². The van der Waals surface area contributed by atoms with Crippen LogP contribution in [0.2, 0.25) is 0 Å². The van der Waals surface area contributed by atoms with E-state index < -0.39 is 30.8 Å². The van der Waals surface area contributed by atoms with Crippen molar-refractivity contribution in [1.82, 2.24) is 10.6 Å². The summed E-state index contributed by atoms with van der Waals surface area (Å²) in [6, 6.07) is -0.540. The Kier molecular flexibility index (Phi) is 6.77. The molecule has 0 spiro atoms. The zero-order valence-electron chi connectivity index (χ0n) is 9.02. The maximum atomic E-state index is 12.5. The maximum absolute atomic E-state index is 12.5. The lowest BCUT2D eigenvalue weighted by Gasteiger charge is -2.23. The van der Waals surface area contributed by atoms with Gasteiger partial charge in [-0.15, -0.1) is 12.4 Å². The van der Waals surface area contributed by atoms with Crippen LogP contribution in [-0.2, 0) is 4.79 Å². The van der Waals surface area contributed by atoms with E-state index in [9.17, 15) is 22.4 Å². The number of nitrogens with one attached hydrogen (secondary N) is 2. The minimum Gasteiger partial charge on any atom is -0.348 e. The predicted octanol–water partition coefficient (Wildman–Crippen LogP) is 1.57. The number of halogens is 5. The van der Waals surface area contributed by atoms with Crippen LogP contribution in [0, 0.1) is 0 Å². The standard InChI is InChI=1S/C9H14F4N2O.ClH/c10-8(11)9(12,13)5-15-7(16)6-3-1-2-4-14-6;/h6,8,14H,1-5H2,(H,15,16);1H/t6-;/m0./s1. The van der Waals surface area contributed by atoms with Crippen LogP contribution in [0.4, 0.5) is 17.6 Å². The highest BCUT2D eigenvalue weighted by Gasteiger charge is 2.41. The van der Waals surface area contributed by atoms with Crippen molar-refractivity contribution in [3.8, 4) is 0 Å². The van der Waals surface area contributed by atoms with Gasteiger partial charge in [0.2, 0.25) is 5.91 Å². The summed E-state index contributed by atoms with van der Waals surface area (Å²) >= 11 is 0. The topological polar surface area (TPSA) is 41.1 Å². The fourth-order valence-electron chi connectivity index (χ4n) is 1.48. The van der Waals surface area contributed by atoms with Crippen molar-refractivity contribution in [1.29, 1.82) is 0 Å². The summed E-state index contributed by atoms with van der Waals surface area (Å²) in [4.78, 5) is 11.3. The SMILES string of the molecule is Cl.O=C(NCC(F)(F)C(F)F)[C@@H]1CCCCN1. The van der Waals surface area contributed by atoms with Crippen LogP contribution in [0.5, 0.6) is 0 Å². The van der Waals surface area contributed by atoms with E-state index in [0.29, 0.717) is 13.0 Å². The van der Waals surface area contributed by atoms with Gasteiger partial charge in [-0.1, -0.05) is 6.42 Å². The molecule has 8 heteroatoms. The smallest absolute Gasteiger partial charge is 0.324 e. The van der Waals surface area contributed by atoms with Crippen LogP contribution in [-0.4, -0.2) is 37.4 Å². The average molecular weight is 279 g/mol. The van der Waals surface area contributed by atoms with Crippen LogP contribution < -0.4 is 10.6 Å². The monoisotopic (exact) mass is 278 g/mol. The molecule has 1 saturated heterocycles. The van der Waals surface area contributed by atoms with E-state index in [-0.39, 0.29) is 12.4 Å². The molecule has 1 aliphatic rings. The highest BCUT2D eigenvalue weighted by molar-refractivity contribution is 5.85. The minimum atomic E-state index is -4.16. The molecule has 1 aliphatic heterocycles. The van der Waals surface area contributed by atoms with Gasteiger partial charge in [0.25, 0.3) is 0 Å². The lowest BCUT2D eigenvalue weighted by molar-refractivity contribution is -0.137. The van der Waals surface area contributed by atoms with E-state index in [0.717, 1.165) is 12.8 Å². The Bertz CT molecular complexity index is 247. The normalized spacial score (nSPS) is 20.9. The van der Waals surface area contributed by atoms with Gasteiger partial charge in [-0.05, 0) is 19.4 Å². The molecular formula is C9H15ClF4N2O. The third-order valence-corrected chi connectivity index (χ3v) is 2.44. The van der Waals surface area contributed by atoms with Crippen LogP contribution in [0.1, 0.15) is 19.3 Å². The molecule has 1 heterocycles. The highest BCUT2D eigenvalue weighted by atomic mass is 35.5. The zero-order valence-corrected chi connectivity index (χ0v) is 9.84. The van der Waals surface area contributed by atoms with Crippen molar-refractivity contribution >= 4 is 18.3 Å². The van der Waals surface area contributed by atoms with E-state index in [1.165, 1.54) is 0 Å². The van der Waals surface area contributed by atoms with Crippen molar-refractivity contribution in [2.45, 2.75) is 37.7 Å². The molecule has 0 radical (unpaired) electrons. The third kappa shape index (κ3) is 5.08. The molecule has 102 valence electrons.